The maximum Gasteiger partial charge on any atom is 0.332 e. The summed E-state index contributed by atoms with van der Waals surface area (Å²) in [5.41, 5.74) is 0.373. The fourth-order valence-corrected chi connectivity index (χ4v) is 2.79. The quantitative estimate of drug-likeness (QED) is 0.761. The molecule has 4 nitrogen and oxygen atoms in total. The van der Waals surface area contributed by atoms with E-state index in [2.05, 4.69) is 6.58 Å². The second-order valence-electron chi connectivity index (χ2n) is 4.27. The number of aryl methyl sites for hydroxylation is 1. The monoisotopic (exact) mass is 250 g/mol. The molecule has 2 rings (SSSR count). The summed E-state index contributed by atoms with van der Waals surface area (Å²) in [6.45, 7) is 8.06. The minimum absolute atomic E-state index is 0.229. The smallest absolute Gasteiger partial charge is 0.280 e. The normalized spacial score (nSPS) is 11.0. The molecule has 0 aromatic carbocycles. The Balaban J connectivity index is 2.94. The van der Waals surface area contributed by atoms with Gasteiger partial charge in [-0.05, 0) is 19.9 Å². The molecule has 0 aliphatic heterocycles. The lowest BCUT2D eigenvalue weighted by Crippen LogP contribution is -2.37. The summed E-state index contributed by atoms with van der Waals surface area (Å²) in [5.74, 6) is 0. The SMILES string of the molecule is C=C(C)Cn1c(=O)n(C)c(=O)c2cc(C)sc21. The molecule has 0 atom stereocenters. The van der Waals surface area contributed by atoms with E-state index in [9.17, 15) is 9.59 Å². The van der Waals surface area contributed by atoms with E-state index in [4.69, 9.17) is 0 Å². The fraction of sp³-hybridized carbons (Fsp3) is 0.333. The van der Waals surface area contributed by atoms with Crippen LogP contribution in [0, 0.1) is 6.92 Å². The van der Waals surface area contributed by atoms with Crippen molar-refractivity contribution >= 4 is 21.6 Å². The molecule has 0 unspecified atom stereocenters. The van der Waals surface area contributed by atoms with Crippen molar-refractivity contribution in [2.24, 2.45) is 7.05 Å². The third-order valence-corrected chi connectivity index (χ3v) is 3.64. The molecule has 2 aromatic rings. The molecule has 2 heterocycles. The molecule has 0 N–H and O–H groups in total. The van der Waals surface area contributed by atoms with E-state index in [1.807, 2.05) is 19.9 Å². The number of fused-ring (bicyclic) bond motifs is 1. The zero-order chi connectivity index (χ0) is 12.7. The van der Waals surface area contributed by atoms with Crippen LogP contribution >= 0.6 is 11.3 Å². The Labute approximate surface area is 102 Å². The molecule has 0 aliphatic rings. The third kappa shape index (κ3) is 1.86. The van der Waals surface area contributed by atoms with E-state index in [0.29, 0.717) is 11.9 Å². The molecule has 0 spiro atoms. The number of hydrogen-bond acceptors (Lipinski definition) is 3. The Hall–Kier alpha value is -1.62. The standard InChI is InChI=1S/C12H14N2O2S/c1-7(2)6-14-11-9(5-8(3)17-11)10(15)13(4)12(14)16/h5H,1,6H2,2-4H3. The van der Waals surface area contributed by atoms with E-state index in [-0.39, 0.29) is 11.2 Å². The second kappa shape index (κ2) is 4.00. The lowest BCUT2D eigenvalue weighted by atomic mass is 10.3. The van der Waals surface area contributed by atoms with Crippen molar-refractivity contribution in [2.45, 2.75) is 20.4 Å². The van der Waals surface area contributed by atoms with Crippen molar-refractivity contribution < 1.29 is 0 Å². The van der Waals surface area contributed by atoms with Gasteiger partial charge in [0.2, 0.25) is 0 Å². The van der Waals surface area contributed by atoms with Gasteiger partial charge in [0.25, 0.3) is 5.56 Å². The van der Waals surface area contributed by atoms with E-state index in [0.717, 1.165) is 19.8 Å². The molecule has 0 amide bonds. The van der Waals surface area contributed by atoms with Crippen LogP contribution in [-0.2, 0) is 13.6 Å². The summed E-state index contributed by atoms with van der Waals surface area (Å²) in [6, 6.07) is 1.83. The van der Waals surface area contributed by atoms with Crippen LogP contribution in [-0.4, -0.2) is 9.13 Å². The first-order valence-corrected chi connectivity index (χ1v) is 6.08. The Morgan fingerprint density at radius 1 is 1.47 bits per heavy atom. The van der Waals surface area contributed by atoms with Gasteiger partial charge in [0.15, 0.2) is 0 Å². The van der Waals surface area contributed by atoms with E-state index >= 15 is 0 Å². The fourth-order valence-electron chi connectivity index (χ4n) is 1.80. The molecule has 17 heavy (non-hydrogen) atoms. The maximum atomic E-state index is 12.0. The predicted octanol–water partition coefficient (Wildman–Crippen LogP) is 1.65. The van der Waals surface area contributed by atoms with Crippen molar-refractivity contribution in [1.29, 1.82) is 0 Å². The Morgan fingerprint density at radius 3 is 2.71 bits per heavy atom. The first-order chi connectivity index (χ1) is 7.91. The van der Waals surface area contributed by atoms with Crippen LogP contribution < -0.4 is 11.2 Å². The lowest BCUT2D eigenvalue weighted by Gasteiger charge is -2.08. The molecule has 0 aliphatic carbocycles. The van der Waals surface area contributed by atoms with Crippen molar-refractivity contribution in [2.75, 3.05) is 0 Å². The summed E-state index contributed by atoms with van der Waals surface area (Å²) in [5, 5.41) is 0.607. The molecule has 0 fully saturated rings. The van der Waals surface area contributed by atoms with Gasteiger partial charge in [-0.3, -0.25) is 13.9 Å². The van der Waals surface area contributed by atoms with Gasteiger partial charge in [0.1, 0.15) is 4.83 Å². The number of thiophene rings is 1. The highest BCUT2D eigenvalue weighted by Gasteiger charge is 2.12. The predicted molar refractivity (Wildman–Crippen MR) is 70.9 cm³/mol. The molecule has 2 aromatic heterocycles. The van der Waals surface area contributed by atoms with Gasteiger partial charge in [-0.1, -0.05) is 12.2 Å². The number of nitrogens with zero attached hydrogens (tertiary/aromatic N) is 2. The molecular formula is C12H14N2O2S. The van der Waals surface area contributed by atoms with Crippen LogP contribution in [0.15, 0.2) is 27.8 Å². The number of hydrogen-bond donors (Lipinski definition) is 0. The van der Waals surface area contributed by atoms with Crippen LogP contribution in [0.4, 0.5) is 0 Å². The average molecular weight is 250 g/mol. The number of rotatable bonds is 2. The van der Waals surface area contributed by atoms with Crippen LogP contribution in [0.3, 0.4) is 0 Å². The van der Waals surface area contributed by atoms with Crippen LogP contribution in [0.25, 0.3) is 10.2 Å². The topological polar surface area (TPSA) is 44.0 Å². The van der Waals surface area contributed by atoms with Gasteiger partial charge in [-0.2, -0.15) is 0 Å². The summed E-state index contributed by atoms with van der Waals surface area (Å²) in [7, 11) is 1.51. The van der Waals surface area contributed by atoms with Crippen molar-refractivity contribution in [3.63, 3.8) is 0 Å². The summed E-state index contributed by atoms with van der Waals surface area (Å²) >= 11 is 1.47. The highest BCUT2D eigenvalue weighted by atomic mass is 32.1. The van der Waals surface area contributed by atoms with E-state index in [1.54, 1.807) is 4.57 Å². The highest BCUT2D eigenvalue weighted by Crippen LogP contribution is 2.21. The van der Waals surface area contributed by atoms with E-state index < -0.39 is 0 Å². The third-order valence-electron chi connectivity index (χ3n) is 2.56. The van der Waals surface area contributed by atoms with Crippen molar-refractivity contribution in [1.82, 2.24) is 9.13 Å². The molecule has 90 valence electrons. The van der Waals surface area contributed by atoms with Gasteiger partial charge >= 0.3 is 5.69 Å². The molecule has 0 saturated carbocycles. The maximum absolute atomic E-state index is 12.0. The Bertz CT molecular complexity index is 718. The van der Waals surface area contributed by atoms with Crippen molar-refractivity contribution in [3.8, 4) is 0 Å². The molecular weight excluding hydrogens is 236 g/mol. The summed E-state index contributed by atoms with van der Waals surface area (Å²) < 4.78 is 2.76. The van der Waals surface area contributed by atoms with Gasteiger partial charge in [0, 0.05) is 18.5 Å². The molecule has 5 heteroatoms. The summed E-state index contributed by atoms with van der Waals surface area (Å²) in [6.07, 6.45) is 0. The number of aromatic nitrogens is 2. The largest absolute Gasteiger partial charge is 0.332 e. The minimum Gasteiger partial charge on any atom is -0.280 e. The first-order valence-electron chi connectivity index (χ1n) is 5.26. The molecule has 0 saturated heterocycles. The minimum atomic E-state index is -0.285. The Morgan fingerprint density at radius 2 is 2.12 bits per heavy atom. The van der Waals surface area contributed by atoms with Gasteiger partial charge in [0.05, 0.1) is 5.39 Å². The molecule has 0 radical (unpaired) electrons. The molecule has 0 bridgehead atoms. The lowest BCUT2D eigenvalue weighted by molar-refractivity contribution is 0.673. The number of allylic oxidation sites excluding steroid dienone is 1. The average Bonchev–Trinajstić information content (AvgIpc) is 2.63. The van der Waals surface area contributed by atoms with Gasteiger partial charge in [-0.15, -0.1) is 11.3 Å². The van der Waals surface area contributed by atoms with Crippen LogP contribution in [0.2, 0.25) is 0 Å². The van der Waals surface area contributed by atoms with Crippen LogP contribution in [0.1, 0.15) is 11.8 Å². The zero-order valence-electron chi connectivity index (χ0n) is 10.1. The van der Waals surface area contributed by atoms with E-state index in [1.165, 1.54) is 18.4 Å². The van der Waals surface area contributed by atoms with Crippen LogP contribution in [0.5, 0.6) is 0 Å². The highest BCUT2D eigenvalue weighted by molar-refractivity contribution is 7.18. The van der Waals surface area contributed by atoms with Crippen molar-refractivity contribution in [3.05, 3.63) is 43.9 Å². The Kier molecular flexibility index (Phi) is 2.79. The zero-order valence-corrected chi connectivity index (χ0v) is 10.9. The van der Waals surface area contributed by atoms with Gasteiger partial charge < -0.3 is 0 Å². The first kappa shape index (κ1) is 11.9. The van der Waals surface area contributed by atoms with Gasteiger partial charge in [-0.25, -0.2) is 4.79 Å². The second-order valence-corrected chi connectivity index (χ2v) is 5.50. The summed E-state index contributed by atoms with van der Waals surface area (Å²) in [4.78, 5) is 25.7.